The van der Waals surface area contributed by atoms with E-state index in [0.717, 1.165) is 31.2 Å². The summed E-state index contributed by atoms with van der Waals surface area (Å²) in [7, 11) is 3.82. The molecule has 1 aromatic heterocycles. The van der Waals surface area contributed by atoms with Crippen LogP contribution in [0, 0.1) is 17.2 Å². The zero-order valence-corrected chi connectivity index (χ0v) is 27.3. The summed E-state index contributed by atoms with van der Waals surface area (Å²) in [5, 5.41) is 14.1. The molecule has 7 nitrogen and oxygen atoms in total. The number of carbonyl (C=O) groups is 1. The van der Waals surface area contributed by atoms with E-state index in [1.54, 1.807) is 22.7 Å². The van der Waals surface area contributed by atoms with Crippen LogP contribution in [-0.2, 0) is 44.9 Å². The molecule has 2 aliphatic heterocycles. The highest BCUT2D eigenvalue weighted by Crippen LogP contribution is 2.50. The van der Waals surface area contributed by atoms with Gasteiger partial charge in [0.15, 0.2) is 0 Å². The lowest BCUT2D eigenvalue weighted by Crippen LogP contribution is -2.45. The molecular formula is C35H45F3N6O. The average molecular weight is 623 g/mol. The van der Waals surface area contributed by atoms with Crippen LogP contribution >= 0.6 is 0 Å². The highest BCUT2D eigenvalue weighted by Gasteiger charge is 2.47. The Morgan fingerprint density at radius 1 is 1.13 bits per heavy atom. The third kappa shape index (κ3) is 6.42. The first-order valence-electron chi connectivity index (χ1n) is 16.1. The van der Waals surface area contributed by atoms with Crippen LogP contribution in [0.4, 0.5) is 18.9 Å². The quantitative estimate of drug-likeness (QED) is 0.280. The highest BCUT2D eigenvalue weighted by molar-refractivity contribution is 6.10. The molecule has 3 aromatic rings. The molecule has 3 heterocycles. The molecule has 1 aliphatic carbocycles. The molecule has 2 fully saturated rings. The molecule has 2 aromatic carbocycles. The second-order valence-corrected chi connectivity index (χ2v) is 13.3. The first-order valence-corrected chi connectivity index (χ1v) is 16.1. The van der Waals surface area contributed by atoms with Crippen LogP contribution < -0.4 is 4.90 Å². The summed E-state index contributed by atoms with van der Waals surface area (Å²) < 4.78 is 47.0. The van der Waals surface area contributed by atoms with Crippen LogP contribution in [0.2, 0.25) is 0 Å². The third-order valence-electron chi connectivity index (χ3n) is 9.75. The van der Waals surface area contributed by atoms with Crippen molar-refractivity contribution in [3.8, 4) is 6.07 Å². The average Bonchev–Trinajstić information content (AvgIpc) is 3.21. The minimum atomic E-state index is -3.14. The molecule has 1 atom stereocenters. The Morgan fingerprint density at radius 3 is 2.51 bits per heavy atom. The van der Waals surface area contributed by atoms with Gasteiger partial charge in [-0.25, -0.2) is 18.0 Å². The Morgan fingerprint density at radius 2 is 1.87 bits per heavy atom. The normalized spacial score (nSPS) is 25.2. The van der Waals surface area contributed by atoms with E-state index in [4.69, 9.17) is 0 Å². The van der Waals surface area contributed by atoms with E-state index in [1.807, 2.05) is 61.8 Å². The largest absolute Gasteiger partial charge is 0.304 e. The number of hydrogen-bond acceptors (Lipinski definition) is 4. The van der Waals surface area contributed by atoms with Crippen LogP contribution in [-0.4, -0.2) is 44.1 Å². The molecule has 1 saturated carbocycles. The molecule has 1 unspecified atom stereocenters. The van der Waals surface area contributed by atoms with E-state index >= 15 is 8.78 Å². The van der Waals surface area contributed by atoms with Gasteiger partial charge in [0.05, 0.1) is 12.6 Å². The van der Waals surface area contributed by atoms with Crippen molar-refractivity contribution < 1.29 is 18.0 Å². The summed E-state index contributed by atoms with van der Waals surface area (Å²) in [6.07, 6.45) is 4.19. The minimum Gasteiger partial charge on any atom is -0.304 e. The van der Waals surface area contributed by atoms with Gasteiger partial charge < -0.3 is 4.90 Å². The number of fused-ring (bicyclic) bond motifs is 1. The molecule has 0 bridgehead atoms. The second kappa shape index (κ2) is 12.3. The lowest BCUT2D eigenvalue weighted by atomic mass is 9.57. The summed E-state index contributed by atoms with van der Waals surface area (Å²) in [6, 6.07) is 13.4. The number of anilines is 1. The van der Waals surface area contributed by atoms with E-state index in [9.17, 15) is 14.4 Å². The Labute approximate surface area is 264 Å². The fourth-order valence-corrected chi connectivity index (χ4v) is 7.35. The Bertz CT molecular complexity index is 1590. The van der Waals surface area contributed by atoms with Gasteiger partial charge in [-0.3, -0.25) is 14.4 Å². The maximum atomic E-state index is 15.0. The van der Waals surface area contributed by atoms with Gasteiger partial charge >= 0.3 is 0 Å². The predicted molar refractivity (Wildman–Crippen MR) is 169 cm³/mol. The summed E-state index contributed by atoms with van der Waals surface area (Å²) >= 11 is 0. The van der Waals surface area contributed by atoms with Crippen LogP contribution in [0.1, 0.15) is 98.2 Å². The van der Waals surface area contributed by atoms with Crippen molar-refractivity contribution in [2.24, 2.45) is 20.0 Å². The van der Waals surface area contributed by atoms with Gasteiger partial charge in [-0.1, -0.05) is 26.0 Å². The fraction of sp³-hybridized carbons (Fsp3) is 0.571. The number of alkyl halides is 3. The maximum Gasteiger partial charge on any atom is 0.270 e. The van der Waals surface area contributed by atoms with E-state index < -0.39 is 11.6 Å². The molecule has 0 N–H and O–H groups in total. The molecule has 0 radical (unpaired) electrons. The number of amides is 1. The molecule has 10 heteroatoms. The van der Waals surface area contributed by atoms with Crippen molar-refractivity contribution in [2.45, 2.75) is 96.3 Å². The van der Waals surface area contributed by atoms with Gasteiger partial charge in [0, 0.05) is 68.7 Å². The number of aromatic nitrogens is 3. The monoisotopic (exact) mass is 622 g/mol. The molecule has 1 amide bonds. The van der Waals surface area contributed by atoms with Gasteiger partial charge in [-0.15, -0.1) is 5.10 Å². The lowest BCUT2D eigenvalue weighted by Gasteiger charge is -2.46. The molecule has 0 spiro atoms. The van der Waals surface area contributed by atoms with Crippen LogP contribution in [0.5, 0.6) is 0 Å². The first-order chi connectivity index (χ1) is 21.3. The predicted octanol–water partition coefficient (Wildman–Crippen LogP) is 7.19. The zero-order chi connectivity index (χ0) is 32.7. The minimum absolute atomic E-state index is 0.0442. The Hall–Kier alpha value is -3.58. The molecule has 3 aliphatic rings. The van der Waals surface area contributed by atoms with E-state index in [0.29, 0.717) is 55.6 Å². The number of benzene rings is 2. The number of halogens is 3. The van der Waals surface area contributed by atoms with Gasteiger partial charge in [0.2, 0.25) is 0 Å². The van der Waals surface area contributed by atoms with Crippen LogP contribution in [0.25, 0.3) is 0 Å². The van der Waals surface area contributed by atoms with E-state index in [-0.39, 0.29) is 41.5 Å². The van der Waals surface area contributed by atoms with Crippen molar-refractivity contribution in [2.75, 3.05) is 18.0 Å². The highest BCUT2D eigenvalue weighted by atomic mass is 19.3. The van der Waals surface area contributed by atoms with Gasteiger partial charge in [-0.05, 0) is 86.5 Å². The van der Waals surface area contributed by atoms with Crippen molar-refractivity contribution >= 4 is 11.6 Å². The van der Waals surface area contributed by atoms with Crippen LogP contribution in [0.3, 0.4) is 0 Å². The second-order valence-electron chi connectivity index (χ2n) is 13.3. The van der Waals surface area contributed by atoms with Gasteiger partial charge in [-0.2, -0.15) is 5.26 Å². The molecular weight excluding hydrogens is 577 g/mol. The number of nitrogens with zero attached hydrogens (tertiary/aromatic N) is 6. The number of rotatable bonds is 7. The third-order valence-corrected chi connectivity index (χ3v) is 9.75. The molecule has 1 saturated heterocycles. The number of aryl methyl sites for hydroxylation is 1. The fourth-order valence-electron chi connectivity index (χ4n) is 7.35. The number of carbonyl (C=O) groups excluding carboxylic acids is 1. The Kier molecular flexibility index (Phi) is 8.98. The van der Waals surface area contributed by atoms with Gasteiger partial charge in [0.25, 0.3) is 11.8 Å². The van der Waals surface area contributed by atoms with Crippen LogP contribution in [0.15, 0.2) is 36.4 Å². The number of nitriles is 1. The number of hydrogen-bond donors (Lipinski definition) is 0. The molecule has 45 heavy (non-hydrogen) atoms. The van der Waals surface area contributed by atoms with Crippen molar-refractivity contribution in [3.63, 3.8) is 0 Å². The molecule has 6 rings (SSSR count). The van der Waals surface area contributed by atoms with Crippen molar-refractivity contribution in [1.82, 2.24) is 19.5 Å². The topological polar surface area (TPSA) is 70.1 Å². The van der Waals surface area contributed by atoms with Gasteiger partial charge in [0.1, 0.15) is 11.5 Å². The first kappa shape index (κ1) is 32.8. The summed E-state index contributed by atoms with van der Waals surface area (Å²) in [5.74, 6) is -2.56. The van der Waals surface area contributed by atoms with E-state index in [1.165, 1.54) is 6.07 Å². The Balaban J connectivity index is 0.00000196. The lowest BCUT2D eigenvalue weighted by molar-refractivity contribution is 0.0164. The molecule has 242 valence electrons. The number of likely N-dealkylation sites (tertiary alicyclic amines) is 1. The van der Waals surface area contributed by atoms with E-state index in [2.05, 4.69) is 11.2 Å². The SMILES string of the molecule is CC.Cn1nc(CC2(c3cccc(N4Cc5c(cc(CN6CCCCC(C)(F)C6)cc5C(C)(F)F)C4=O)c3)CC(C#N)C2)n1C. The summed E-state index contributed by atoms with van der Waals surface area (Å²) in [5.41, 5.74) is 1.13. The maximum absolute atomic E-state index is 15.0. The van der Waals surface area contributed by atoms with Crippen molar-refractivity contribution in [3.05, 3.63) is 70.0 Å². The van der Waals surface area contributed by atoms with Crippen molar-refractivity contribution in [1.29, 1.82) is 5.26 Å². The zero-order valence-electron chi connectivity index (χ0n) is 27.3. The smallest absolute Gasteiger partial charge is 0.270 e. The standard InChI is InChI=1S/C33H39F3N6O.C2H6/c1-31(34)10-5-6-11-41(21-31)19-22-12-26-27(28(13-22)32(2,35)36)20-42(30(26)43)25-9-7-8-24(14-25)33(15-23(16-33)18-37)17-29-38-40(4)39(29)3;1-2/h7-9,12-14,23H,5-6,10-11,15-17,19-21H2,1-4H3;1-2H3. The summed E-state index contributed by atoms with van der Waals surface area (Å²) in [4.78, 5) is 19.2. The summed E-state index contributed by atoms with van der Waals surface area (Å²) in [6.45, 7) is 7.76.